The van der Waals surface area contributed by atoms with Crippen molar-refractivity contribution in [2.24, 2.45) is 0 Å². The summed E-state index contributed by atoms with van der Waals surface area (Å²) in [5.41, 5.74) is 0.579. The number of allylic oxidation sites excluding steroid dienone is 5. The first-order chi connectivity index (χ1) is 5.65. The van der Waals surface area contributed by atoms with Crippen LogP contribution in [0.25, 0.3) is 0 Å². The summed E-state index contributed by atoms with van der Waals surface area (Å²) in [6, 6.07) is 0. The SMILES string of the molecule is O=C=C1C=CC(B(O)O)=CC1Cl. The molecular formula is C7H6BClO3. The molecule has 0 aliphatic heterocycles. The third-order valence-corrected chi connectivity index (χ3v) is 1.87. The summed E-state index contributed by atoms with van der Waals surface area (Å²) in [7, 11) is -1.55. The van der Waals surface area contributed by atoms with Gasteiger partial charge in [0.2, 0.25) is 0 Å². The van der Waals surface area contributed by atoms with E-state index in [1.54, 1.807) is 5.94 Å². The average molecular weight is 184 g/mol. The van der Waals surface area contributed by atoms with Gasteiger partial charge in [-0.1, -0.05) is 12.2 Å². The number of carbonyl (C=O) groups excluding carboxylic acids is 1. The van der Waals surface area contributed by atoms with E-state index in [0.717, 1.165) is 0 Å². The van der Waals surface area contributed by atoms with Crippen LogP contribution in [0.3, 0.4) is 0 Å². The molecule has 12 heavy (non-hydrogen) atoms. The van der Waals surface area contributed by atoms with Crippen molar-refractivity contribution in [2.75, 3.05) is 0 Å². The zero-order chi connectivity index (χ0) is 9.14. The van der Waals surface area contributed by atoms with Crippen LogP contribution in [0.1, 0.15) is 0 Å². The highest BCUT2D eigenvalue weighted by molar-refractivity contribution is 6.52. The molecule has 0 amide bonds. The van der Waals surface area contributed by atoms with Crippen molar-refractivity contribution < 1.29 is 14.8 Å². The van der Waals surface area contributed by atoms with Crippen LogP contribution >= 0.6 is 11.6 Å². The van der Waals surface area contributed by atoms with Crippen LogP contribution in [-0.4, -0.2) is 28.5 Å². The highest BCUT2D eigenvalue weighted by Crippen LogP contribution is 2.19. The Morgan fingerprint density at radius 2 is 2.17 bits per heavy atom. The lowest BCUT2D eigenvalue weighted by Crippen LogP contribution is -2.18. The van der Waals surface area contributed by atoms with Gasteiger partial charge in [-0.2, -0.15) is 0 Å². The van der Waals surface area contributed by atoms with Crippen LogP contribution < -0.4 is 0 Å². The Hall–Kier alpha value is -0.795. The molecule has 2 N–H and O–H groups in total. The maximum absolute atomic E-state index is 10.2. The molecule has 0 aromatic carbocycles. The summed E-state index contributed by atoms with van der Waals surface area (Å²) < 4.78 is 0. The molecule has 1 unspecified atom stereocenters. The zero-order valence-corrected chi connectivity index (χ0v) is 6.82. The van der Waals surface area contributed by atoms with Gasteiger partial charge in [0.05, 0.1) is 11.0 Å². The van der Waals surface area contributed by atoms with E-state index in [4.69, 9.17) is 21.6 Å². The van der Waals surface area contributed by atoms with Gasteiger partial charge in [0.15, 0.2) is 0 Å². The van der Waals surface area contributed by atoms with Gasteiger partial charge in [-0.25, -0.2) is 4.79 Å². The second kappa shape index (κ2) is 3.74. The normalized spacial score (nSPS) is 21.8. The Morgan fingerprint density at radius 3 is 2.58 bits per heavy atom. The first kappa shape index (κ1) is 9.29. The molecule has 0 saturated carbocycles. The van der Waals surface area contributed by atoms with Gasteiger partial charge in [-0.15, -0.1) is 11.6 Å². The van der Waals surface area contributed by atoms with Gasteiger partial charge >= 0.3 is 7.12 Å². The predicted molar refractivity (Wildman–Crippen MR) is 46.3 cm³/mol. The largest absolute Gasteiger partial charge is 0.488 e. The molecule has 3 nitrogen and oxygen atoms in total. The fourth-order valence-corrected chi connectivity index (χ4v) is 1.12. The van der Waals surface area contributed by atoms with Gasteiger partial charge in [0.25, 0.3) is 0 Å². The molecule has 0 saturated heterocycles. The highest BCUT2D eigenvalue weighted by Gasteiger charge is 2.19. The molecule has 0 aromatic heterocycles. The molecule has 0 heterocycles. The number of alkyl halides is 1. The summed E-state index contributed by atoms with van der Waals surface area (Å²) in [4.78, 5) is 10.2. The van der Waals surface area contributed by atoms with E-state index in [0.29, 0.717) is 5.57 Å². The minimum atomic E-state index is -1.55. The summed E-state index contributed by atoms with van der Waals surface area (Å²) >= 11 is 5.67. The maximum Gasteiger partial charge on any atom is 0.488 e. The number of hydrogen-bond donors (Lipinski definition) is 2. The number of halogens is 1. The molecule has 0 bridgehead atoms. The second-order valence-electron chi connectivity index (χ2n) is 2.33. The van der Waals surface area contributed by atoms with Crippen LogP contribution in [0.4, 0.5) is 0 Å². The smallest absolute Gasteiger partial charge is 0.423 e. The molecule has 5 heteroatoms. The van der Waals surface area contributed by atoms with Gasteiger partial charge in [0, 0.05) is 0 Å². The molecule has 0 radical (unpaired) electrons. The molecule has 1 aliphatic carbocycles. The lowest BCUT2D eigenvalue weighted by atomic mass is 9.76. The molecule has 0 fully saturated rings. The molecule has 0 aromatic rings. The number of rotatable bonds is 1. The Morgan fingerprint density at radius 1 is 1.50 bits per heavy atom. The first-order valence-electron chi connectivity index (χ1n) is 3.30. The summed E-state index contributed by atoms with van der Waals surface area (Å²) in [6.45, 7) is 0. The predicted octanol–water partition coefficient (Wildman–Crippen LogP) is -0.140. The molecule has 0 spiro atoms. The van der Waals surface area contributed by atoms with Gasteiger partial charge < -0.3 is 10.0 Å². The third-order valence-electron chi connectivity index (χ3n) is 1.51. The van der Waals surface area contributed by atoms with E-state index in [-0.39, 0.29) is 5.47 Å². The van der Waals surface area contributed by atoms with Crippen molar-refractivity contribution >= 4 is 24.7 Å². The van der Waals surface area contributed by atoms with E-state index in [1.807, 2.05) is 0 Å². The molecule has 62 valence electrons. The van der Waals surface area contributed by atoms with Crippen LogP contribution in [0.5, 0.6) is 0 Å². The molecule has 1 atom stereocenters. The van der Waals surface area contributed by atoms with Crippen molar-refractivity contribution in [1.82, 2.24) is 0 Å². The molecule has 1 aliphatic rings. The number of hydrogen-bond acceptors (Lipinski definition) is 3. The van der Waals surface area contributed by atoms with Gasteiger partial charge in [-0.3, -0.25) is 0 Å². The third kappa shape index (κ3) is 1.87. The molecule has 1 rings (SSSR count). The first-order valence-corrected chi connectivity index (χ1v) is 3.74. The Balaban J connectivity index is 2.90. The minimum Gasteiger partial charge on any atom is -0.423 e. The fourth-order valence-electron chi connectivity index (χ4n) is 0.855. The zero-order valence-electron chi connectivity index (χ0n) is 6.07. The Kier molecular flexibility index (Phi) is 2.90. The van der Waals surface area contributed by atoms with Gasteiger partial charge in [-0.05, 0) is 11.5 Å². The fraction of sp³-hybridized carbons (Fsp3) is 0.143. The quantitative estimate of drug-likeness (QED) is 0.339. The van der Waals surface area contributed by atoms with E-state index in [9.17, 15) is 4.79 Å². The lowest BCUT2D eigenvalue weighted by Gasteiger charge is -2.10. The van der Waals surface area contributed by atoms with Crippen LogP contribution in [0.2, 0.25) is 0 Å². The lowest BCUT2D eigenvalue weighted by molar-refractivity contribution is 0.420. The van der Waals surface area contributed by atoms with Crippen molar-refractivity contribution in [1.29, 1.82) is 0 Å². The Bertz CT molecular complexity index is 289. The molecular weight excluding hydrogens is 178 g/mol. The van der Waals surface area contributed by atoms with Crippen molar-refractivity contribution in [3.63, 3.8) is 0 Å². The second-order valence-corrected chi connectivity index (χ2v) is 2.80. The van der Waals surface area contributed by atoms with E-state index >= 15 is 0 Å². The average Bonchev–Trinajstić information content (AvgIpc) is 2.04. The standard InChI is InChI=1S/C7H6BClO3/c9-7-3-6(8(11)12)2-1-5(7)4-10/h1-3,7,11-12H. The van der Waals surface area contributed by atoms with E-state index in [1.165, 1.54) is 18.2 Å². The van der Waals surface area contributed by atoms with Crippen molar-refractivity contribution in [3.8, 4) is 0 Å². The summed E-state index contributed by atoms with van der Waals surface area (Å²) in [5, 5.41) is 16.8. The summed E-state index contributed by atoms with van der Waals surface area (Å²) in [5.74, 6) is 1.65. The van der Waals surface area contributed by atoms with Crippen LogP contribution in [0.15, 0.2) is 29.3 Å². The van der Waals surface area contributed by atoms with Gasteiger partial charge in [0.1, 0.15) is 5.94 Å². The van der Waals surface area contributed by atoms with Crippen LogP contribution in [0, 0.1) is 0 Å². The van der Waals surface area contributed by atoms with E-state index < -0.39 is 12.5 Å². The highest BCUT2D eigenvalue weighted by atomic mass is 35.5. The van der Waals surface area contributed by atoms with Crippen LogP contribution in [-0.2, 0) is 4.79 Å². The Labute approximate surface area is 74.8 Å². The van der Waals surface area contributed by atoms with Crippen molar-refractivity contribution in [2.45, 2.75) is 5.38 Å². The monoisotopic (exact) mass is 184 g/mol. The van der Waals surface area contributed by atoms with E-state index in [2.05, 4.69) is 0 Å². The summed E-state index contributed by atoms with van der Waals surface area (Å²) in [6.07, 6.45) is 4.23. The maximum atomic E-state index is 10.2. The van der Waals surface area contributed by atoms with Crippen molar-refractivity contribution in [3.05, 3.63) is 29.3 Å². The topological polar surface area (TPSA) is 57.5 Å². The minimum absolute atomic E-state index is 0.286.